The second-order valence-corrected chi connectivity index (χ2v) is 6.69. The highest BCUT2D eigenvalue weighted by Crippen LogP contribution is 2.02. The molecule has 0 heterocycles. The average Bonchev–Trinajstić information content (AvgIpc) is 2.59. The Kier molecular flexibility index (Phi) is 10.9. The Balaban J connectivity index is 4.92. The summed E-state index contributed by atoms with van der Waals surface area (Å²) in [5.41, 5.74) is 15.5. The molecule has 0 aromatic carbocycles. The van der Waals surface area contributed by atoms with E-state index in [9.17, 15) is 28.8 Å². The summed E-state index contributed by atoms with van der Waals surface area (Å²) in [6, 6.07) is -3.71. The van der Waals surface area contributed by atoms with Crippen LogP contribution < -0.4 is 33.2 Å². The van der Waals surface area contributed by atoms with Gasteiger partial charge in [0.25, 0.3) is 0 Å². The molecule has 13 nitrogen and oxygen atoms in total. The molecular formula is C16H28N6O7. The highest BCUT2D eigenvalue weighted by molar-refractivity contribution is 5.94. The van der Waals surface area contributed by atoms with Crippen molar-refractivity contribution < 1.29 is 33.9 Å². The third-order valence-electron chi connectivity index (χ3n) is 3.74. The maximum atomic E-state index is 12.3. The van der Waals surface area contributed by atoms with E-state index < -0.39 is 66.6 Å². The molecule has 0 fully saturated rings. The molecule has 0 aliphatic heterocycles. The van der Waals surface area contributed by atoms with E-state index in [-0.39, 0.29) is 18.8 Å². The van der Waals surface area contributed by atoms with Crippen LogP contribution in [-0.4, -0.2) is 65.3 Å². The molecule has 0 saturated carbocycles. The van der Waals surface area contributed by atoms with Gasteiger partial charge in [-0.15, -0.1) is 0 Å². The van der Waals surface area contributed by atoms with Gasteiger partial charge in [0.2, 0.25) is 29.5 Å². The van der Waals surface area contributed by atoms with Gasteiger partial charge in [0.15, 0.2) is 0 Å². The minimum absolute atomic E-state index is 0.179. The van der Waals surface area contributed by atoms with E-state index in [4.69, 9.17) is 22.3 Å². The van der Waals surface area contributed by atoms with E-state index in [2.05, 4.69) is 16.0 Å². The number of rotatable bonds is 13. The largest absolute Gasteiger partial charge is 0.480 e. The molecule has 0 radical (unpaired) electrons. The Morgan fingerprint density at radius 3 is 1.97 bits per heavy atom. The SMILES string of the molecule is CC(C)C(NC(=O)CNC(=O)C(CCC(N)=O)NC(=O)C(N)CC(N)=O)C(=O)O. The van der Waals surface area contributed by atoms with Crippen LogP contribution in [-0.2, 0) is 28.8 Å². The first-order valence-corrected chi connectivity index (χ1v) is 8.77. The van der Waals surface area contributed by atoms with E-state index >= 15 is 0 Å². The number of carbonyl (C=O) groups is 6. The molecule has 0 bridgehead atoms. The summed E-state index contributed by atoms with van der Waals surface area (Å²) in [4.78, 5) is 69.1. The Morgan fingerprint density at radius 2 is 1.52 bits per heavy atom. The summed E-state index contributed by atoms with van der Waals surface area (Å²) in [5, 5.41) is 15.8. The van der Waals surface area contributed by atoms with Crippen molar-refractivity contribution in [1.29, 1.82) is 0 Å². The third-order valence-corrected chi connectivity index (χ3v) is 3.74. The monoisotopic (exact) mass is 416 g/mol. The number of hydrogen-bond donors (Lipinski definition) is 7. The molecule has 0 aliphatic carbocycles. The first-order chi connectivity index (χ1) is 13.3. The van der Waals surface area contributed by atoms with Crippen LogP contribution in [0.4, 0.5) is 0 Å². The predicted molar refractivity (Wildman–Crippen MR) is 99.6 cm³/mol. The lowest BCUT2D eigenvalue weighted by Crippen LogP contribution is -2.54. The molecule has 0 aromatic heterocycles. The molecule has 10 N–H and O–H groups in total. The number of amides is 5. The Bertz CT molecular complexity index is 652. The van der Waals surface area contributed by atoms with E-state index in [1.54, 1.807) is 13.8 Å². The molecule has 13 heteroatoms. The zero-order valence-electron chi connectivity index (χ0n) is 16.3. The molecule has 29 heavy (non-hydrogen) atoms. The Morgan fingerprint density at radius 1 is 0.931 bits per heavy atom. The van der Waals surface area contributed by atoms with Crippen LogP contribution in [0.15, 0.2) is 0 Å². The molecular weight excluding hydrogens is 388 g/mol. The average molecular weight is 416 g/mol. The summed E-state index contributed by atoms with van der Waals surface area (Å²) >= 11 is 0. The number of nitrogens with two attached hydrogens (primary N) is 3. The van der Waals surface area contributed by atoms with Crippen molar-refractivity contribution in [2.45, 2.75) is 51.2 Å². The fourth-order valence-corrected chi connectivity index (χ4v) is 2.17. The van der Waals surface area contributed by atoms with E-state index in [0.717, 1.165) is 0 Å². The van der Waals surface area contributed by atoms with Crippen LogP contribution >= 0.6 is 0 Å². The number of aliphatic carboxylic acids is 1. The highest BCUT2D eigenvalue weighted by Gasteiger charge is 2.27. The van der Waals surface area contributed by atoms with Crippen LogP contribution in [0.5, 0.6) is 0 Å². The van der Waals surface area contributed by atoms with Crippen LogP contribution in [0, 0.1) is 5.92 Å². The molecule has 164 valence electrons. The fraction of sp³-hybridized carbons (Fsp3) is 0.625. The van der Waals surface area contributed by atoms with Crippen LogP contribution in [0.25, 0.3) is 0 Å². The number of carbonyl (C=O) groups excluding carboxylic acids is 5. The minimum atomic E-state index is -1.30. The van der Waals surface area contributed by atoms with Gasteiger partial charge in [0.1, 0.15) is 12.1 Å². The number of primary amides is 2. The first kappa shape index (κ1) is 25.8. The fourth-order valence-electron chi connectivity index (χ4n) is 2.17. The van der Waals surface area contributed by atoms with E-state index in [1.165, 1.54) is 0 Å². The minimum Gasteiger partial charge on any atom is -0.480 e. The van der Waals surface area contributed by atoms with Crippen molar-refractivity contribution in [2.75, 3.05) is 6.54 Å². The smallest absolute Gasteiger partial charge is 0.326 e. The molecule has 0 spiro atoms. The summed E-state index contributed by atoms with van der Waals surface area (Å²) in [7, 11) is 0. The molecule has 3 atom stereocenters. The topological polar surface area (TPSA) is 237 Å². The van der Waals surface area contributed by atoms with Crippen molar-refractivity contribution in [1.82, 2.24) is 16.0 Å². The summed E-state index contributed by atoms with van der Waals surface area (Å²) < 4.78 is 0. The quantitative estimate of drug-likeness (QED) is 0.157. The van der Waals surface area contributed by atoms with Crippen molar-refractivity contribution >= 4 is 35.5 Å². The lowest BCUT2D eigenvalue weighted by Gasteiger charge is -2.21. The zero-order chi connectivity index (χ0) is 22.7. The van der Waals surface area contributed by atoms with Crippen molar-refractivity contribution in [3.05, 3.63) is 0 Å². The number of carboxylic acids is 1. The number of nitrogens with one attached hydrogen (secondary N) is 3. The summed E-state index contributed by atoms with van der Waals surface area (Å²) in [6.45, 7) is 2.64. The van der Waals surface area contributed by atoms with Gasteiger partial charge in [-0.3, -0.25) is 24.0 Å². The molecule has 5 amide bonds. The van der Waals surface area contributed by atoms with Crippen molar-refractivity contribution in [3.8, 4) is 0 Å². The molecule has 3 unspecified atom stereocenters. The van der Waals surface area contributed by atoms with Crippen molar-refractivity contribution in [2.24, 2.45) is 23.1 Å². The van der Waals surface area contributed by atoms with Gasteiger partial charge in [-0.1, -0.05) is 13.8 Å². The standard InChI is InChI=1S/C16H28N6O7/c1-7(2)13(16(28)29)22-12(25)6-20-15(27)9(3-4-10(18)23)21-14(26)8(17)5-11(19)24/h7-9,13H,3-6,17H2,1-2H3,(H2,18,23)(H2,19,24)(H,20,27)(H,21,26)(H,22,25)(H,28,29). The van der Waals surface area contributed by atoms with Crippen molar-refractivity contribution in [3.63, 3.8) is 0 Å². The second-order valence-electron chi connectivity index (χ2n) is 6.69. The summed E-state index contributed by atoms with van der Waals surface area (Å²) in [5.74, 6) is -5.60. The first-order valence-electron chi connectivity index (χ1n) is 8.77. The lowest BCUT2D eigenvalue weighted by atomic mass is 10.0. The normalized spacial score (nSPS) is 13.7. The third kappa shape index (κ3) is 10.6. The van der Waals surface area contributed by atoms with Gasteiger partial charge >= 0.3 is 5.97 Å². The lowest BCUT2D eigenvalue weighted by molar-refractivity contribution is -0.143. The van der Waals surface area contributed by atoms with Gasteiger partial charge in [0.05, 0.1) is 19.0 Å². The zero-order valence-corrected chi connectivity index (χ0v) is 16.3. The highest BCUT2D eigenvalue weighted by atomic mass is 16.4. The predicted octanol–water partition coefficient (Wildman–Crippen LogP) is -3.72. The Hall–Kier alpha value is -3.22. The second kappa shape index (κ2) is 12.3. The maximum absolute atomic E-state index is 12.3. The molecule has 0 saturated heterocycles. The van der Waals surface area contributed by atoms with Gasteiger partial charge in [-0.25, -0.2) is 4.79 Å². The van der Waals surface area contributed by atoms with Gasteiger partial charge < -0.3 is 38.3 Å². The summed E-state index contributed by atoms with van der Waals surface area (Å²) in [6.07, 6.45) is -0.879. The molecule has 0 rings (SSSR count). The Labute approximate surface area is 167 Å². The van der Waals surface area contributed by atoms with E-state index in [1.807, 2.05) is 0 Å². The maximum Gasteiger partial charge on any atom is 0.326 e. The van der Waals surface area contributed by atoms with Gasteiger partial charge in [0, 0.05) is 6.42 Å². The van der Waals surface area contributed by atoms with E-state index in [0.29, 0.717) is 0 Å². The van der Waals surface area contributed by atoms with Crippen LogP contribution in [0.1, 0.15) is 33.1 Å². The number of hydrogen-bond acceptors (Lipinski definition) is 7. The molecule has 0 aliphatic rings. The van der Waals surface area contributed by atoms with Gasteiger partial charge in [-0.05, 0) is 12.3 Å². The van der Waals surface area contributed by atoms with Crippen LogP contribution in [0.3, 0.4) is 0 Å². The van der Waals surface area contributed by atoms with Crippen LogP contribution in [0.2, 0.25) is 0 Å². The number of carboxylic acid groups (broad SMARTS) is 1. The molecule has 0 aromatic rings. The van der Waals surface area contributed by atoms with Gasteiger partial charge in [-0.2, -0.15) is 0 Å².